The number of halogens is 4. The molecule has 0 unspecified atom stereocenters. The monoisotopic (exact) mass is 295 g/mol. The lowest BCUT2D eigenvalue weighted by Gasteiger charge is -2.09. The Bertz CT molecular complexity index is 516. The number of hydrogen-bond acceptors (Lipinski definition) is 3. The van der Waals surface area contributed by atoms with Crippen LogP contribution in [0.25, 0.3) is 0 Å². The molecule has 0 spiro atoms. The minimum atomic E-state index is -4.56. The highest BCUT2D eigenvalue weighted by molar-refractivity contribution is 5.93. The van der Waals surface area contributed by atoms with Gasteiger partial charge in [-0.05, 0) is 18.2 Å². The van der Waals surface area contributed by atoms with Crippen molar-refractivity contribution < 1.29 is 37.0 Å². The van der Waals surface area contributed by atoms with Gasteiger partial charge in [0.2, 0.25) is 5.91 Å². The molecule has 1 amide bonds. The number of amides is 1. The van der Waals surface area contributed by atoms with E-state index in [1.807, 2.05) is 5.32 Å². The average molecular weight is 295 g/mol. The third kappa shape index (κ3) is 5.22. The molecule has 0 fully saturated rings. The summed E-state index contributed by atoms with van der Waals surface area (Å²) >= 11 is 0. The second-order valence-corrected chi connectivity index (χ2v) is 3.66. The molecule has 1 rings (SSSR count). The molecule has 0 aliphatic heterocycles. The van der Waals surface area contributed by atoms with E-state index in [1.54, 1.807) is 0 Å². The van der Waals surface area contributed by atoms with Gasteiger partial charge in [0.05, 0.1) is 11.3 Å². The number of anilines is 1. The van der Waals surface area contributed by atoms with Crippen molar-refractivity contribution in [2.75, 3.05) is 18.5 Å². The second kappa shape index (κ2) is 6.33. The highest BCUT2D eigenvalue weighted by atomic mass is 19.4. The maximum absolute atomic E-state index is 13.4. The summed E-state index contributed by atoms with van der Waals surface area (Å²) in [5.74, 6) is -3.36. The van der Waals surface area contributed by atoms with Gasteiger partial charge < -0.3 is 15.2 Å². The van der Waals surface area contributed by atoms with E-state index in [4.69, 9.17) is 5.11 Å². The van der Waals surface area contributed by atoms with Crippen molar-refractivity contribution in [1.82, 2.24) is 0 Å². The number of aromatic carboxylic acids is 1. The van der Waals surface area contributed by atoms with Gasteiger partial charge in [-0.1, -0.05) is 0 Å². The molecule has 0 atom stereocenters. The lowest BCUT2D eigenvalue weighted by atomic mass is 10.2. The molecule has 5 nitrogen and oxygen atoms in total. The number of ether oxygens (including phenoxy) is 1. The molecule has 9 heteroatoms. The molecule has 0 saturated carbocycles. The second-order valence-electron chi connectivity index (χ2n) is 3.66. The summed E-state index contributed by atoms with van der Waals surface area (Å²) in [6.07, 6.45) is -4.56. The van der Waals surface area contributed by atoms with E-state index in [0.29, 0.717) is 6.07 Å². The molecule has 1 aromatic rings. The summed E-state index contributed by atoms with van der Waals surface area (Å²) in [4.78, 5) is 21.7. The Morgan fingerprint density at radius 2 is 1.95 bits per heavy atom. The van der Waals surface area contributed by atoms with Crippen molar-refractivity contribution in [3.63, 3.8) is 0 Å². The molecule has 0 heterocycles. The van der Waals surface area contributed by atoms with Crippen LogP contribution in [0.3, 0.4) is 0 Å². The zero-order valence-electron chi connectivity index (χ0n) is 9.83. The van der Waals surface area contributed by atoms with Gasteiger partial charge in [-0.3, -0.25) is 4.79 Å². The number of carboxylic acid groups (broad SMARTS) is 1. The largest absolute Gasteiger partial charge is 0.478 e. The van der Waals surface area contributed by atoms with Gasteiger partial charge in [0, 0.05) is 0 Å². The van der Waals surface area contributed by atoms with E-state index < -0.39 is 37.1 Å². The lowest BCUT2D eigenvalue weighted by molar-refractivity contribution is -0.174. The molecule has 0 saturated heterocycles. The van der Waals surface area contributed by atoms with Crippen molar-refractivity contribution in [1.29, 1.82) is 0 Å². The minimum absolute atomic E-state index is 0.325. The fraction of sp³-hybridized carbons (Fsp3) is 0.273. The lowest BCUT2D eigenvalue weighted by Crippen LogP contribution is -2.24. The van der Waals surface area contributed by atoms with Crippen LogP contribution in [0.1, 0.15) is 10.4 Å². The molecule has 2 N–H and O–H groups in total. The Balaban J connectivity index is 2.56. The van der Waals surface area contributed by atoms with Crippen LogP contribution < -0.4 is 5.32 Å². The smallest absolute Gasteiger partial charge is 0.411 e. The molecule has 0 radical (unpaired) electrons. The van der Waals surface area contributed by atoms with Crippen molar-refractivity contribution in [2.45, 2.75) is 6.18 Å². The Kier molecular flexibility index (Phi) is 5.03. The molecular weight excluding hydrogens is 286 g/mol. The van der Waals surface area contributed by atoms with Crippen molar-refractivity contribution in [3.05, 3.63) is 29.6 Å². The molecule has 1 aromatic carbocycles. The third-order valence-electron chi connectivity index (χ3n) is 1.99. The minimum Gasteiger partial charge on any atom is -0.478 e. The SMILES string of the molecule is O=C(COCC(F)(F)F)Nc1ccc(C(=O)O)cc1F. The van der Waals surface area contributed by atoms with Crippen molar-refractivity contribution >= 4 is 17.6 Å². The fourth-order valence-corrected chi connectivity index (χ4v) is 1.20. The van der Waals surface area contributed by atoms with Crippen LogP contribution in [-0.2, 0) is 9.53 Å². The summed E-state index contributed by atoms with van der Waals surface area (Å²) in [6, 6.07) is 2.70. The normalized spacial score (nSPS) is 11.2. The van der Waals surface area contributed by atoms with E-state index in [9.17, 15) is 27.2 Å². The molecule has 20 heavy (non-hydrogen) atoms. The summed E-state index contributed by atoms with van der Waals surface area (Å²) in [7, 11) is 0. The zero-order valence-corrected chi connectivity index (χ0v) is 9.83. The molecule has 110 valence electrons. The Morgan fingerprint density at radius 1 is 1.30 bits per heavy atom. The van der Waals surface area contributed by atoms with Crippen LogP contribution in [-0.4, -0.2) is 36.4 Å². The quantitative estimate of drug-likeness (QED) is 0.815. The highest BCUT2D eigenvalue weighted by Crippen LogP contribution is 2.16. The summed E-state index contributed by atoms with van der Waals surface area (Å²) in [6.45, 7) is -2.50. The molecule has 0 aliphatic carbocycles. The first-order chi connectivity index (χ1) is 9.19. The number of rotatable bonds is 5. The maximum atomic E-state index is 13.4. The number of carboxylic acids is 1. The van der Waals surface area contributed by atoms with E-state index >= 15 is 0 Å². The predicted molar refractivity (Wildman–Crippen MR) is 58.9 cm³/mol. The van der Waals surface area contributed by atoms with Gasteiger partial charge in [0.1, 0.15) is 19.0 Å². The van der Waals surface area contributed by atoms with Gasteiger partial charge >= 0.3 is 12.1 Å². The number of alkyl halides is 3. The molecule has 0 aliphatic rings. The number of carbonyl (C=O) groups is 2. The first-order valence-corrected chi connectivity index (χ1v) is 5.16. The van der Waals surface area contributed by atoms with E-state index in [1.165, 1.54) is 0 Å². The molecular formula is C11H9F4NO4. The van der Waals surface area contributed by atoms with Crippen LogP contribution in [0.15, 0.2) is 18.2 Å². The zero-order chi connectivity index (χ0) is 15.3. The Labute approximate surface area is 110 Å². The number of carbonyl (C=O) groups excluding carboxylic acids is 1. The van der Waals surface area contributed by atoms with Gasteiger partial charge in [-0.2, -0.15) is 13.2 Å². The number of benzene rings is 1. The Morgan fingerprint density at radius 3 is 2.45 bits per heavy atom. The predicted octanol–water partition coefficient (Wildman–Crippen LogP) is 2.04. The van der Waals surface area contributed by atoms with E-state index in [-0.39, 0.29) is 11.3 Å². The summed E-state index contributed by atoms with van der Waals surface area (Å²) < 4.78 is 52.7. The van der Waals surface area contributed by atoms with Gasteiger partial charge in [-0.15, -0.1) is 0 Å². The van der Waals surface area contributed by atoms with Crippen LogP contribution in [0.2, 0.25) is 0 Å². The average Bonchev–Trinajstić information content (AvgIpc) is 2.29. The maximum Gasteiger partial charge on any atom is 0.411 e. The van der Waals surface area contributed by atoms with Crippen LogP contribution in [0, 0.1) is 5.82 Å². The van der Waals surface area contributed by atoms with Crippen LogP contribution in [0.4, 0.5) is 23.2 Å². The molecule has 0 bridgehead atoms. The third-order valence-corrected chi connectivity index (χ3v) is 1.99. The standard InChI is InChI=1S/C11H9F4NO4/c12-7-3-6(10(18)19)1-2-8(7)16-9(17)4-20-5-11(13,14)15/h1-3H,4-5H2,(H,16,17)(H,18,19). The molecule has 0 aromatic heterocycles. The van der Waals surface area contributed by atoms with Gasteiger partial charge in [0.15, 0.2) is 0 Å². The van der Waals surface area contributed by atoms with E-state index in [2.05, 4.69) is 4.74 Å². The van der Waals surface area contributed by atoms with Crippen molar-refractivity contribution in [2.24, 2.45) is 0 Å². The summed E-state index contributed by atoms with van der Waals surface area (Å²) in [5, 5.41) is 10.6. The highest BCUT2D eigenvalue weighted by Gasteiger charge is 2.27. The van der Waals surface area contributed by atoms with Crippen LogP contribution >= 0.6 is 0 Å². The number of nitrogens with one attached hydrogen (secondary N) is 1. The first kappa shape index (κ1) is 15.9. The van der Waals surface area contributed by atoms with Crippen molar-refractivity contribution in [3.8, 4) is 0 Å². The van der Waals surface area contributed by atoms with Crippen LogP contribution in [0.5, 0.6) is 0 Å². The van der Waals surface area contributed by atoms with E-state index in [0.717, 1.165) is 12.1 Å². The van der Waals surface area contributed by atoms with Gasteiger partial charge in [0.25, 0.3) is 0 Å². The first-order valence-electron chi connectivity index (χ1n) is 5.16. The number of hydrogen-bond donors (Lipinski definition) is 2. The Hall–Kier alpha value is -2.16. The topological polar surface area (TPSA) is 75.6 Å². The van der Waals surface area contributed by atoms with Gasteiger partial charge in [-0.25, -0.2) is 9.18 Å². The summed E-state index contributed by atoms with van der Waals surface area (Å²) in [5.41, 5.74) is -0.676. The fourth-order valence-electron chi connectivity index (χ4n) is 1.20.